The van der Waals surface area contributed by atoms with E-state index < -0.39 is 17.8 Å². The largest absolute Gasteiger partial charge is 0.478 e. The Kier molecular flexibility index (Phi) is 7.05. The Morgan fingerprint density at radius 3 is 2.56 bits per heavy atom. The summed E-state index contributed by atoms with van der Waals surface area (Å²) in [6.07, 6.45) is 2.65. The smallest absolute Gasteiger partial charge is 0.335 e. The van der Waals surface area contributed by atoms with Gasteiger partial charge in [-0.1, -0.05) is 19.9 Å². The Hall–Kier alpha value is -4.21. The second-order valence-corrected chi connectivity index (χ2v) is 9.11. The van der Waals surface area contributed by atoms with Crippen molar-refractivity contribution in [2.75, 3.05) is 17.2 Å². The Morgan fingerprint density at radius 2 is 1.89 bits per heavy atom. The molecule has 1 fully saturated rings. The quantitative estimate of drug-likeness (QED) is 0.457. The lowest BCUT2D eigenvalue weighted by molar-refractivity contribution is -0.119. The first-order valence-electron chi connectivity index (χ1n) is 11.7. The van der Waals surface area contributed by atoms with Gasteiger partial charge in [0.15, 0.2) is 5.82 Å². The second kappa shape index (κ2) is 10.2. The molecule has 0 saturated carbocycles. The van der Waals surface area contributed by atoms with Crippen molar-refractivity contribution in [2.45, 2.75) is 45.6 Å². The van der Waals surface area contributed by atoms with Crippen LogP contribution < -0.4 is 10.6 Å². The van der Waals surface area contributed by atoms with E-state index in [0.29, 0.717) is 31.0 Å². The molecule has 0 bridgehead atoms. The summed E-state index contributed by atoms with van der Waals surface area (Å²) in [5.74, 6) is -1.81. The summed E-state index contributed by atoms with van der Waals surface area (Å²) in [4.78, 5) is 38.4. The van der Waals surface area contributed by atoms with Gasteiger partial charge in [0.05, 0.1) is 5.56 Å². The molecular weight excluding hydrogens is 465 g/mol. The number of nitrogens with one attached hydrogen (secondary N) is 2. The number of hydrogen-bond acceptors (Lipinski definition) is 4. The van der Waals surface area contributed by atoms with Gasteiger partial charge in [-0.2, -0.15) is 0 Å². The van der Waals surface area contributed by atoms with Crippen LogP contribution in [0.25, 0.3) is 5.69 Å². The SMILES string of the molecule is Cc1cc(NC(=O)N2CCC[C@@H]2C(=O)Nc2ccn(-c3ccc(C(=O)O)cc3F)n2)ccc1C(C)C. The van der Waals surface area contributed by atoms with Crippen molar-refractivity contribution in [3.8, 4) is 5.69 Å². The Morgan fingerprint density at radius 1 is 1.11 bits per heavy atom. The first-order valence-corrected chi connectivity index (χ1v) is 11.7. The lowest BCUT2D eigenvalue weighted by atomic mass is 9.98. The lowest BCUT2D eigenvalue weighted by Crippen LogP contribution is -2.45. The number of carboxylic acid groups (broad SMARTS) is 1. The molecule has 3 amide bonds. The van der Waals surface area contributed by atoms with Crippen molar-refractivity contribution in [3.63, 3.8) is 0 Å². The van der Waals surface area contributed by atoms with E-state index in [1.807, 2.05) is 25.1 Å². The van der Waals surface area contributed by atoms with E-state index in [1.54, 1.807) is 0 Å². The molecule has 9 nitrogen and oxygen atoms in total. The molecule has 1 atom stereocenters. The maximum absolute atomic E-state index is 14.4. The van der Waals surface area contributed by atoms with Crippen LogP contribution in [0.15, 0.2) is 48.7 Å². The fourth-order valence-electron chi connectivity index (χ4n) is 4.44. The van der Waals surface area contributed by atoms with E-state index in [9.17, 15) is 18.8 Å². The highest BCUT2D eigenvalue weighted by atomic mass is 19.1. The van der Waals surface area contributed by atoms with Crippen LogP contribution in [-0.4, -0.2) is 50.3 Å². The zero-order valence-electron chi connectivity index (χ0n) is 20.3. The van der Waals surface area contributed by atoms with Crippen LogP contribution in [0.3, 0.4) is 0 Å². The average Bonchev–Trinajstić information content (AvgIpc) is 3.48. The number of halogens is 1. The number of nitrogens with zero attached hydrogens (tertiary/aromatic N) is 3. The topological polar surface area (TPSA) is 117 Å². The normalized spacial score (nSPS) is 15.2. The molecular formula is C26H28FN5O4. The van der Waals surface area contributed by atoms with Crippen LogP contribution in [-0.2, 0) is 4.79 Å². The molecule has 0 unspecified atom stereocenters. The fourth-order valence-corrected chi connectivity index (χ4v) is 4.44. The van der Waals surface area contributed by atoms with Crippen LogP contribution in [0, 0.1) is 12.7 Å². The predicted molar refractivity (Wildman–Crippen MR) is 133 cm³/mol. The minimum absolute atomic E-state index is 0.0427. The number of benzene rings is 2. The van der Waals surface area contributed by atoms with Crippen molar-refractivity contribution in [1.29, 1.82) is 0 Å². The van der Waals surface area contributed by atoms with Gasteiger partial charge >= 0.3 is 12.0 Å². The van der Waals surface area contributed by atoms with Gasteiger partial charge in [0, 0.05) is 24.5 Å². The third-order valence-corrected chi connectivity index (χ3v) is 6.24. The number of carboxylic acids is 1. The summed E-state index contributed by atoms with van der Waals surface area (Å²) < 4.78 is 15.6. The van der Waals surface area contributed by atoms with Crippen molar-refractivity contribution in [2.24, 2.45) is 0 Å². The molecule has 1 aliphatic rings. The van der Waals surface area contributed by atoms with Gasteiger partial charge in [-0.05, 0) is 67.1 Å². The Labute approximate surface area is 207 Å². The number of amides is 3. The van der Waals surface area contributed by atoms with Crippen LogP contribution in [0.5, 0.6) is 0 Å². The standard InChI is InChI=1S/C26H28FN5O4/c1-15(2)19-8-7-18(13-16(19)3)28-26(36)31-11-4-5-22(31)24(33)29-23-10-12-32(30-23)21-9-6-17(25(34)35)14-20(21)27/h6-10,12-15,22H,4-5,11H2,1-3H3,(H,28,36)(H,34,35)(H,29,30,33)/t22-/m1/s1. The van der Waals surface area contributed by atoms with E-state index in [1.165, 1.54) is 39.5 Å². The highest BCUT2D eigenvalue weighted by Crippen LogP contribution is 2.25. The van der Waals surface area contributed by atoms with Gasteiger partial charge in [-0.25, -0.2) is 18.7 Å². The van der Waals surface area contributed by atoms with Crippen LogP contribution in [0.1, 0.15) is 54.1 Å². The molecule has 36 heavy (non-hydrogen) atoms. The minimum Gasteiger partial charge on any atom is -0.478 e. The van der Waals surface area contributed by atoms with Gasteiger partial charge in [0.1, 0.15) is 17.5 Å². The maximum atomic E-state index is 14.4. The van der Waals surface area contributed by atoms with Crippen molar-refractivity contribution in [1.82, 2.24) is 14.7 Å². The molecule has 10 heteroatoms. The monoisotopic (exact) mass is 493 g/mol. The average molecular weight is 494 g/mol. The van der Waals surface area contributed by atoms with Crippen LogP contribution in [0.4, 0.5) is 20.7 Å². The van der Waals surface area contributed by atoms with Crippen LogP contribution in [0.2, 0.25) is 0 Å². The fraction of sp³-hybridized carbons (Fsp3) is 0.308. The number of hydrogen-bond donors (Lipinski definition) is 3. The lowest BCUT2D eigenvalue weighted by Gasteiger charge is -2.24. The number of likely N-dealkylation sites (tertiary alicyclic amines) is 1. The second-order valence-electron chi connectivity index (χ2n) is 9.11. The van der Waals surface area contributed by atoms with Crippen molar-refractivity contribution < 1.29 is 23.9 Å². The van der Waals surface area contributed by atoms with Crippen molar-refractivity contribution >= 4 is 29.4 Å². The summed E-state index contributed by atoms with van der Waals surface area (Å²) in [7, 11) is 0. The maximum Gasteiger partial charge on any atom is 0.335 e. The molecule has 0 radical (unpaired) electrons. The predicted octanol–water partition coefficient (Wildman–Crippen LogP) is 4.78. The molecule has 2 aromatic carbocycles. The van der Waals surface area contributed by atoms with E-state index in [-0.39, 0.29) is 29.0 Å². The van der Waals surface area contributed by atoms with Gasteiger partial charge in [0.25, 0.3) is 0 Å². The van der Waals surface area contributed by atoms with Gasteiger partial charge < -0.3 is 20.6 Å². The first-order chi connectivity index (χ1) is 17.1. The molecule has 1 aliphatic heterocycles. The summed E-state index contributed by atoms with van der Waals surface area (Å²) in [6.45, 7) is 6.68. The highest BCUT2D eigenvalue weighted by molar-refractivity contribution is 5.99. The number of aromatic nitrogens is 2. The van der Waals surface area contributed by atoms with Gasteiger partial charge in [-0.3, -0.25) is 4.79 Å². The summed E-state index contributed by atoms with van der Waals surface area (Å²) >= 11 is 0. The van der Waals surface area contributed by atoms with E-state index >= 15 is 0 Å². The van der Waals surface area contributed by atoms with E-state index in [0.717, 1.165) is 11.6 Å². The molecule has 1 aromatic heterocycles. The van der Waals surface area contributed by atoms with Gasteiger partial charge in [0.2, 0.25) is 5.91 Å². The Balaban J connectivity index is 1.42. The number of urea groups is 1. The number of aromatic carboxylic acids is 1. The summed E-state index contributed by atoms with van der Waals surface area (Å²) in [5, 5.41) is 18.7. The number of carbonyl (C=O) groups is 3. The highest BCUT2D eigenvalue weighted by Gasteiger charge is 2.34. The number of anilines is 2. The van der Waals surface area contributed by atoms with Crippen LogP contribution >= 0.6 is 0 Å². The van der Waals surface area contributed by atoms with Gasteiger partial charge in [-0.15, -0.1) is 5.10 Å². The Bertz CT molecular complexity index is 1320. The van der Waals surface area contributed by atoms with E-state index in [4.69, 9.17) is 5.11 Å². The zero-order chi connectivity index (χ0) is 26.0. The third kappa shape index (κ3) is 5.22. The molecule has 2 heterocycles. The van der Waals surface area contributed by atoms with E-state index in [2.05, 4.69) is 29.6 Å². The first kappa shape index (κ1) is 24.9. The van der Waals surface area contributed by atoms with Crippen molar-refractivity contribution in [3.05, 3.63) is 71.2 Å². The summed E-state index contributed by atoms with van der Waals surface area (Å²) in [6, 6.07) is 9.74. The molecule has 3 aromatic rings. The zero-order valence-corrected chi connectivity index (χ0v) is 20.3. The minimum atomic E-state index is -1.23. The number of aryl methyl sites for hydroxylation is 1. The molecule has 188 valence electrons. The third-order valence-electron chi connectivity index (χ3n) is 6.24. The number of carbonyl (C=O) groups excluding carboxylic acids is 2. The number of rotatable bonds is 6. The molecule has 0 spiro atoms. The molecule has 3 N–H and O–H groups in total. The molecule has 0 aliphatic carbocycles. The summed E-state index contributed by atoms with van der Waals surface area (Å²) in [5.41, 5.74) is 2.83. The molecule has 4 rings (SSSR count). The molecule has 1 saturated heterocycles.